The van der Waals surface area contributed by atoms with Crippen molar-refractivity contribution in [3.05, 3.63) is 52.7 Å². The Kier molecular flexibility index (Phi) is 7.01. The molecule has 0 radical (unpaired) electrons. The topological polar surface area (TPSA) is 92.1 Å². The summed E-state index contributed by atoms with van der Waals surface area (Å²) >= 11 is 1.27. The van der Waals surface area contributed by atoms with Crippen LogP contribution in [0.4, 0.5) is 5.69 Å². The average molecular weight is 438 g/mol. The molecule has 1 atom stereocenters. The first kappa shape index (κ1) is 22.8. The Labute approximate surface area is 187 Å². The maximum absolute atomic E-state index is 12.4. The zero-order valence-corrected chi connectivity index (χ0v) is 19.1. The third kappa shape index (κ3) is 5.65. The van der Waals surface area contributed by atoms with Gasteiger partial charge in [-0.3, -0.25) is 4.79 Å². The molecule has 1 N–H and O–H groups in total. The molecule has 162 valence electrons. The molecule has 0 spiro atoms. The number of anilines is 1. The maximum Gasteiger partial charge on any atom is 0.337 e. The molecule has 2 aromatic rings. The minimum atomic E-state index is -0.426. The summed E-state index contributed by atoms with van der Waals surface area (Å²) in [6, 6.07) is 10.7. The van der Waals surface area contributed by atoms with Gasteiger partial charge in [0.05, 0.1) is 24.0 Å². The summed E-state index contributed by atoms with van der Waals surface area (Å²) in [5.41, 5.74) is 3.95. The number of carbonyl (C=O) groups is 2. The average Bonchev–Trinajstić information content (AvgIpc) is 2.75. The molecule has 7 heteroatoms. The van der Waals surface area contributed by atoms with Gasteiger partial charge in [0.25, 0.3) is 0 Å². The van der Waals surface area contributed by atoms with Crippen LogP contribution in [0.2, 0.25) is 0 Å². The number of aryl methyl sites for hydroxylation is 1. The number of ether oxygens (including phenoxy) is 1. The normalized spacial score (nSPS) is 15.5. The number of amides is 1. The van der Waals surface area contributed by atoms with Crippen LogP contribution in [0.15, 0.2) is 35.4 Å². The minimum absolute atomic E-state index is 0.143. The van der Waals surface area contributed by atoms with Gasteiger partial charge >= 0.3 is 5.97 Å². The molecule has 1 aromatic carbocycles. The summed E-state index contributed by atoms with van der Waals surface area (Å²) in [5.74, 6) is 0.0871. The second-order valence-corrected chi connectivity index (χ2v) is 9.73. The van der Waals surface area contributed by atoms with E-state index in [4.69, 9.17) is 4.98 Å². The summed E-state index contributed by atoms with van der Waals surface area (Å²) in [5, 5.41) is 13.0. The zero-order valence-electron chi connectivity index (χ0n) is 18.3. The molecular formula is C24H27N3O3S. The van der Waals surface area contributed by atoms with E-state index in [9.17, 15) is 14.9 Å². The zero-order chi connectivity index (χ0) is 22.6. The molecule has 1 aromatic heterocycles. The highest BCUT2D eigenvalue weighted by atomic mass is 32.2. The number of methoxy groups -OCH3 is 1. The summed E-state index contributed by atoms with van der Waals surface area (Å²) in [7, 11) is 1.32. The van der Waals surface area contributed by atoms with Gasteiger partial charge in [0.2, 0.25) is 5.91 Å². The van der Waals surface area contributed by atoms with E-state index in [0.29, 0.717) is 27.8 Å². The first-order chi connectivity index (χ1) is 14.7. The fourth-order valence-electron chi connectivity index (χ4n) is 3.71. The molecule has 1 heterocycles. The standard InChI is InChI=1S/C24H27N3O3S/c1-24(2,3)18-7-10-20-16(12-18)11-17(13-25)22(27-20)31-14-21(28)26-19-8-5-15(6-9-19)23(29)30-4/h5-6,8-9,11,18H,7,10,12,14H2,1-4H3,(H,26,28). The smallest absolute Gasteiger partial charge is 0.337 e. The molecule has 3 rings (SSSR count). The van der Waals surface area contributed by atoms with Crippen LogP contribution in [0.3, 0.4) is 0 Å². The fraction of sp³-hybridized carbons (Fsp3) is 0.417. The summed E-state index contributed by atoms with van der Waals surface area (Å²) in [4.78, 5) is 28.6. The number of carbonyl (C=O) groups excluding carboxylic acids is 2. The minimum Gasteiger partial charge on any atom is -0.465 e. The monoisotopic (exact) mass is 437 g/mol. The number of fused-ring (bicyclic) bond motifs is 1. The number of nitrogens with zero attached hydrogens (tertiary/aromatic N) is 2. The van der Waals surface area contributed by atoms with Crippen LogP contribution < -0.4 is 5.32 Å². The van der Waals surface area contributed by atoms with Crippen LogP contribution in [-0.2, 0) is 22.4 Å². The lowest BCUT2D eigenvalue weighted by atomic mass is 9.71. The number of thioether (sulfide) groups is 1. The number of pyridine rings is 1. The number of hydrogen-bond acceptors (Lipinski definition) is 6. The van der Waals surface area contributed by atoms with Crippen molar-refractivity contribution in [3.63, 3.8) is 0 Å². The summed E-state index contributed by atoms with van der Waals surface area (Å²) in [6.07, 6.45) is 2.92. The molecular weight excluding hydrogens is 410 g/mol. The lowest BCUT2D eigenvalue weighted by Crippen LogP contribution is -2.27. The number of benzene rings is 1. The van der Waals surface area contributed by atoms with Crippen LogP contribution in [0.25, 0.3) is 0 Å². The summed E-state index contributed by atoms with van der Waals surface area (Å²) < 4.78 is 4.67. The lowest BCUT2D eigenvalue weighted by Gasteiger charge is -2.34. The van der Waals surface area contributed by atoms with Crippen molar-refractivity contribution >= 4 is 29.3 Å². The van der Waals surface area contributed by atoms with Crippen LogP contribution >= 0.6 is 11.8 Å². The number of rotatable bonds is 5. The number of esters is 1. The predicted octanol–water partition coefficient (Wildman–Crippen LogP) is 4.62. The van der Waals surface area contributed by atoms with E-state index < -0.39 is 5.97 Å². The quantitative estimate of drug-likeness (QED) is 0.542. The first-order valence-electron chi connectivity index (χ1n) is 10.2. The van der Waals surface area contributed by atoms with E-state index in [0.717, 1.165) is 30.5 Å². The number of hydrogen-bond donors (Lipinski definition) is 1. The molecule has 1 amide bonds. The van der Waals surface area contributed by atoms with Crippen molar-refractivity contribution in [1.29, 1.82) is 5.26 Å². The van der Waals surface area contributed by atoms with Crippen molar-refractivity contribution < 1.29 is 14.3 Å². The highest BCUT2D eigenvalue weighted by molar-refractivity contribution is 8.00. The van der Waals surface area contributed by atoms with Crippen molar-refractivity contribution in [2.75, 3.05) is 18.2 Å². The van der Waals surface area contributed by atoms with Crippen LogP contribution in [0.5, 0.6) is 0 Å². The van der Waals surface area contributed by atoms with Crippen LogP contribution in [0.1, 0.15) is 54.4 Å². The number of nitriles is 1. The molecule has 1 unspecified atom stereocenters. The Morgan fingerprint density at radius 3 is 2.61 bits per heavy atom. The maximum atomic E-state index is 12.4. The molecule has 0 bridgehead atoms. The third-order valence-electron chi connectivity index (χ3n) is 5.63. The van der Waals surface area contributed by atoms with Crippen molar-refractivity contribution in [2.24, 2.45) is 11.3 Å². The van der Waals surface area contributed by atoms with Gasteiger partial charge in [-0.1, -0.05) is 32.5 Å². The number of nitrogens with one attached hydrogen (secondary N) is 1. The van der Waals surface area contributed by atoms with E-state index >= 15 is 0 Å². The van der Waals surface area contributed by atoms with E-state index in [1.54, 1.807) is 24.3 Å². The second-order valence-electron chi connectivity index (χ2n) is 8.77. The van der Waals surface area contributed by atoms with E-state index in [1.165, 1.54) is 18.9 Å². The van der Waals surface area contributed by atoms with E-state index in [-0.39, 0.29) is 17.1 Å². The Morgan fingerprint density at radius 1 is 1.29 bits per heavy atom. The van der Waals surface area contributed by atoms with Crippen LogP contribution in [-0.4, -0.2) is 29.7 Å². The molecule has 0 fully saturated rings. The fourth-order valence-corrected chi connectivity index (χ4v) is 4.49. The highest BCUT2D eigenvalue weighted by Gasteiger charge is 2.30. The van der Waals surface area contributed by atoms with Crippen molar-refractivity contribution in [3.8, 4) is 6.07 Å². The van der Waals surface area contributed by atoms with Crippen LogP contribution in [0, 0.1) is 22.7 Å². The van der Waals surface area contributed by atoms with Gasteiger partial charge in [0.15, 0.2) is 0 Å². The molecule has 0 saturated carbocycles. The van der Waals surface area contributed by atoms with E-state index in [1.807, 2.05) is 6.07 Å². The summed E-state index contributed by atoms with van der Waals surface area (Å²) in [6.45, 7) is 6.77. The van der Waals surface area contributed by atoms with Gasteiger partial charge in [0.1, 0.15) is 11.1 Å². The molecule has 0 aliphatic heterocycles. The SMILES string of the molecule is COC(=O)c1ccc(NC(=O)CSc2nc3c(cc2C#N)CC(C(C)(C)C)CC3)cc1. The largest absolute Gasteiger partial charge is 0.465 e. The van der Waals surface area contributed by atoms with Gasteiger partial charge < -0.3 is 10.1 Å². The van der Waals surface area contributed by atoms with Gasteiger partial charge in [0, 0.05) is 11.4 Å². The highest BCUT2D eigenvalue weighted by Crippen LogP contribution is 2.38. The molecule has 6 nitrogen and oxygen atoms in total. The third-order valence-corrected chi connectivity index (χ3v) is 6.62. The molecule has 1 aliphatic rings. The van der Waals surface area contributed by atoms with Gasteiger partial charge in [-0.25, -0.2) is 9.78 Å². The van der Waals surface area contributed by atoms with Gasteiger partial charge in [-0.05, 0) is 66.5 Å². The Bertz CT molecular complexity index is 1020. The Morgan fingerprint density at radius 2 is 2.00 bits per heavy atom. The Balaban J connectivity index is 1.64. The second kappa shape index (κ2) is 9.52. The van der Waals surface area contributed by atoms with Crippen molar-refractivity contribution in [2.45, 2.75) is 45.1 Å². The van der Waals surface area contributed by atoms with Gasteiger partial charge in [-0.2, -0.15) is 5.26 Å². The number of aromatic nitrogens is 1. The van der Waals surface area contributed by atoms with Crippen molar-refractivity contribution in [1.82, 2.24) is 4.98 Å². The predicted molar refractivity (Wildman–Crippen MR) is 121 cm³/mol. The first-order valence-corrected chi connectivity index (χ1v) is 11.2. The lowest BCUT2D eigenvalue weighted by molar-refractivity contribution is -0.113. The molecule has 0 saturated heterocycles. The molecule has 31 heavy (non-hydrogen) atoms. The van der Waals surface area contributed by atoms with Gasteiger partial charge in [-0.15, -0.1) is 0 Å². The molecule has 1 aliphatic carbocycles. The van der Waals surface area contributed by atoms with E-state index in [2.05, 4.69) is 36.9 Å². The Hall–Kier alpha value is -2.85.